The first kappa shape index (κ1) is 27.5. The SMILES string of the molecule is N#[C][Fe-2]([C]#N)([C]#N)([C]#N)([C]#N)[C]#N.N#[C][Fe-2]([C]#N)([C]#N)([C]#N)([C]#N)[C]#N.[Ti+4]. The molecular weight excluding hydrogens is 472 g/mol. The molecule has 0 aliphatic rings. The molecule has 0 aliphatic heterocycles. The van der Waals surface area contributed by atoms with Gasteiger partial charge < -0.3 is 0 Å². The largest absolute Gasteiger partial charge is 4.00 e. The zero-order valence-corrected chi connectivity index (χ0v) is 16.3. The van der Waals surface area contributed by atoms with E-state index in [0.29, 0.717) is 0 Å². The molecule has 0 saturated carbocycles. The van der Waals surface area contributed by atoms with Crippen molar-refractivity contribution in [2.24, 2.45) is 0 Å². The van der Waals surface area contributed by atoms with Crippen LogP contribution in [-0.2, 0) is 43.2 Å². The number of rotatable bonds is 0. The normalized spacial score (nSPS) is 12.9. The molecule has 0 aromatic heterocycles. The molecule has 27 heavy (non-hydrogen) atoms. The zero-order chi connectivity index (χ0) is 21.3. The van der Waals surface area contributed by atoms with Crippen LogP contribution < -0.4 is 0 Å². The summed E-state index contributed by atoms with van der Waals surface area (Å²) in [5, 5.41) is 103. The van der Waals surface area contributed by atoms with Gasteiger partial charge in [0, 0.05) is 0 Å². The van der Waals surface area contributed by atoms with Gasteiger partial charge >= 0.3 is 166 Å². The molecule has 0 aromatic carbocycles. The smallest absolute Gasteiger partial charge is 4.00 e. The van der Waals surface area contributed by atoms with E-state index in [1.54, 1.807) is 0 Å². The molecule has 0 fully saturated rings. The number of hydrogen-bond acceptors (Lipinski definition) is 12. The number of hydrogen-bond donors (Lipinski definition) is 0. The second-order valence-electron chi connectivity index (χ2n) is 3.60. The Kier molecular flexibility index (Phi) is 6.62. The van der Waals surface area contributed by atoms with E-state index in [9.17, 15) is 0 Å². The Hall–Kier alpha value is -4.37. The number of nitriles is 12. The summed E-state index contributed by atoms with van der Waals surface area (Å²) in [6.07, 6.45) is 0. The van der Waals surface area contributed by atoms with Crippen molar-refractivity contribution in [1.29, 1.82) is 63.1 Å². The average molecular weight is 472 g/mol. The Bertz CT molecular complexity index is 882. The second-order valence-corrected chi connectivity index (χ2v) is 14.8. The van der Waals surface area contributed by atoms with Gasteiger partial charge in [-0.15, -0.1) is 0 Å². The standard InChI is InChI=1S/12CN.2Fe.Ti/c12*1-2;;;/q;;;;;;;;;;;;2*-2;+4. The van der Waals surface area contributed by atoms with Crippen molar-refractivity contribution >= 4 is 0 Å². The van der Waals surface area contributed by atoms with Crippen LogP contribution in [0.5, 0.6) is 0 Å². The molecule has 0 rings (SSSR count). The van der Waals surface area contributed by atoms with Gasteiger partial charge in [0.25, 0.3) is 0 Å². The Morgan fingerprint density at radius 1 is 0.259 bits per heavy atom. The van der Waals surface area contributed by atoms with Gasteiger partial charge in [0.15, 0.2) is 0 Å². The Morgan fingerprint density at radius 2 is 0.333 bits per heavy atom. The summed E-state index contributed by atoms with van der Waals surface area (Å²) in [5.41, 5.74) is 0. The van der Waals surface area contributed by atoms with Crippen molar-refractivity contribution in [1.82, 2.24) is 0 Å². The maximum atomic E-state index is 8.58. The fourth-order valence-electron chi connectivity index (χ4n) is 0.530. The van der Waals surface area contributed by atoms with E-state index in [1.807, 2.05) is 0 Å². The minimum atomic E-state index is -6.17. The van der Waals surface area contributed by atoms with Crippen LogP contribution >= 0.6 is 0 Å². The van der Waals surface area contributed by atoms with Crippen molar-refractivity contribution in [2.75, 3.05) is 0 Å². The van der Waals surface area contributed by atoms with Crippen molar-refractivity contribution < 1.29 is 43.2 Å². The van der Waals surface area contributed by atoms with Crippen LogP contribution in [0.3, 0.4) is 0 Å². The minimum absolute atomic E-state index is 0. The Morgan fingerprint density at radius 3 is 0.333 bits per heavy atom. The van der Waals surface area contributed by atoms with Crippen molar-refractivity contribution in [3.05, 3.63) is 0 Å². The summed E-state index contributed by atoms with van der Waals surface area (Å²) in [4.78, 5) is 12.4. The molecule has 0 unspecified atom stereocenters. The molecule has 0 radical (unpaired) electrons. The summed E-state index contributed by atoms with van der Waals surface area (Å²) in [5.74, 6) is 0. The van der Waals surface area contributed by atoms with Crippen molar-refractivity contribution in [2.45, 2.75) is 0 Å². The van der Waals surface area contributed by atoms with Crippen LogP contribution in [0, 0.1) is 123 Å². The molecule has 0 bridgehead atoms. The van der Waals surface area contributed by atoms with Crippen LogP contribution in [0.15, 0.2) is 0 Å². The fourth-order valence-corrected chi connectivity index (χ4v) is 2.19. The summed E-state index contributed by atoms with van der Waals surface area (Å²) >= 11 is 0. The maximum absolute atomic E-state index is 8.58. The van der Waals surface area contributed by atoms with Crippen LogP contribution in [0.2, 0.25) is 0 Å². The molecule has 0 saturated heterocycles. The van der Waals surface area contributed by atoms with Crippen LogP contribution in [0.4, 0.5) is 0 Å². The first-order valence-electron chi connectivity index (χ1n) is 4.80. The van der Waals surface area contributed by atoms with Crippen molar-refractivity contribution in [3.8, 4) is 59.6 Å². The Labute approximate surface area is 165 Å². The van der Waals surface area contributed by atoms with Gasteiger partial charge in [-0.3, -0.25) is 0 Å². The van der Waals surface area contributed by atoms with Crippen LogP contribution in [0.1, 0.15) is 0 Å². The van der Waals surface area contributed by atoms with E-state index < -0.39 is 21.5 Å². The molecular formula is C12Fe2N12Ti. The molecule has 128 valence electrons. The van der Waals surface area contributed by atoms with E-state index in [4.69, 9.17) is 63.1 Å². The predicted molar refractivity (Wildman–Crippen MR) is 67.4 cm³/mol. The summed E-state index contributed by atoms with van der Waals surface area (Å²) in [6.45, 7) is 0. The van der Waals surface area contributed by atoms with E-state index in [0.717, 1.165) is 59.6 Å². The van der Waals surface area contributed by atoms with Gasteiger partial charge in [-0.2, -0.15) is 0 Å². The molecule has 0 aliphatic carbocycles. The van der Waals surface area contributed by atoms with Crippen molar-refractivity contribution in [3.63, 3.8) is 0 Å². The van der Waals surface area contributed by atoms with Gasteiger partial charge in [0.2, 0.25) is 0 Å². The summed E-state index contributed by atoms with van der Waals surface area (Å²) in [7, 11) is -12.3. The molecule has 0 N–H and O–H groups in total. The van der Waals surface area contributed by atoms with E-state index >= 15 is 0 Å². The van der Waals surface area contributed by atoms with Gasteiger partial charge in [-0.1, -0.05) is 0 Å². The monoisotopic (exact) mass is 472 g/mol. The van der Waals surface area contributed by atoms with Gasteiger partial charge in [0.05, 0.1) is 0 Å². The van der Waals surface area contributed by atoms with E-state index in [1.165, 1.54) is 0 Å². The third-order valence-corrected chi connectivity index (χ3v) is 9.78. The van der Waals surface area contributed by atoms with Crippen LogP contribution in [0.25, 0.3) is 0 Å². The third kappa shape index (κ3) is 2.69. The molecule has 0 aromatic rings. The van der Waals surface area contributed by atoms with E-state index in [2.05, 4.69) is 0 Å². The van der Waals surface area contributed by atoms with Crippen LogP contribution in [-0.4, -0.2) is 0 Å². The van der Waals surface area contributed by atoms with Gasteiger partial charge in [0.1, 0.15) is 0 Å². The fraction of sp³-hybridized carbons (Fsp3) is 0. The van der Waals surface area contributed by atoms with Gasteiger partial charge in [-0.05, 0) is 0 Å². The third-order valence-electron chi connectivity index (χ3n) is 2.37. The Balaban J connectivity index is -0.000000411. The average Bonchev–Trinajstić information content (AvgIpc) is 2.77. The molecule has 0 amide bonds. The summed E-state index contributed by atoms with van der Waals surface area (Å²) < 4.78 is 0. The predicted octanol–water partition coefficient (Wildman–Crippen LogP) is 0.194. The molecule has 12 nitrogen and oxygen atoms in total. The summed E-state index contributed by atoms with van der Waals surface area (Å²) in [6, 6.07) is 0. The number of nitrogens with zero attached hydrogens (tertiary/aromatic N) is 12. The first-order valence-corrected chi connectivity index (χ1v) is 11.4. The maximum Gasteiger partial charge on any atom is 4.00 e. The first-order chi connectivity index (χ1) is 11.9. The van der Waals surface area contributed by atoms with E-state index in [-0.39, 0.29) is 21.7 Å². The quantitative estimate of drug-likeness (QED) is 0.427. The molecule has 0 heterocycles. The molecule has 0 atom stereocenters. The topological polar surface area (TPSA) is 285 Å². The zero-order valence-electron chi connectivity index (χ0n) is 12.6. The molecule has 0 spiro atoms. The molecule has 15 heteroatoms. The second kappa shape index (κ2) is 6.50. The van der Waals surface area contributed by atoms with Gasteiger partial charge in [-0.25, -0.2) is 0 Å². The minimum Gasteiger partial charge on any atom is 4.00 e.